The Hall–Kier alpha value is -3.13. The van der Waals surface area contributed by atoms with Gasteiger partial charge in [0.1, 0.15) is 21.5 Å². The number of carbonyl (C=O) groups excluding carboxylic acids is 2. The Morgan fingerprint density at radius 3 is 2.36 bits per heavy atom. The van der Waals surface area contributed by atoms with Crippen molar-refractivity contribution in [1.29, 1.82) is 0 Å². The molecule has 0 radical (unpaired) electrons. The van der Waals surface area contributed by atoms with E-state index in [1.165, 1.54) is 18.2 Å². The van der Waals surface area contributed by atoms with Crippen LogP contribution in [-0.2, 0) is 4.74 Å². The quantitative estimate of drug-likeness (QED) is 0.621. The number of hydrogen-bond acceptors (Lipinski definition) is 5. The fraction of sp³-hybridized carbons (Fsp3) is 0.150. The second-order valence-electron chi connectivity index (χ2n) is 5.78. The Bertz CT molecular complexity index is 1010. The van der Waals surface area contributed by atoms with E-state index in [9.17, 15) is 18.4 Å². The molecule has 0 saturated heterocycles. The van der Waals surface area contributed by atoms with E-state index in [-0.39, 0.29) is 22.1 Å². The van der Waals surface area contributed by atoms with Crippen LogP contribution in [0.5, 0.6) is 0 Å². The average molecular weight is 402 g/mol. The number of halogens is 2. The molecule has 1 N–H and O–H groups in total. The number of rotatable bonds is 5. The van der Waals surface area contributed by atoms with Crippen molar-refractivity contribution in [2.75, 3.05) is 11.9 Å². The molecule has 144 valence electrons. The molecule has 2 aromatic carbocycles. The molecule has 0 aliphatic carbocycles. The van der Waals surface area contributed by atoms with Crippen LogP contribution >= 0.6 is 11.3 Å². The lowest BCUT2D eigenvalue weighted by atomic mass is 10.2. The number of thiazole rings is 1. The van der Waals surface area contributed by atoms with Gasteiger partial charge in [0, 0.05) is 5.69 Å². The Morgan fingerprint density at radius 1 is 1.11 bits per heavy atom. The van der Waals surface area contributed by atoms with E-state index < -0.39 is 23.5 Å². The lowest BCUT2D eigenvalue weighted by molar-refractivity contribution is 0.0526. The molecule has 1 amide bonds. The largest absolute Gasteiger partial charge is 0.462 e. The number of carbonyl (C=O) groups is 2. The van der Waals surface area contributed by atoms with Crippen LogP contribution in [0.25, 0.3) is 10.6 Å². The van der Waals surface area contributed by atoms with E-state index >= 15 is 0 Å². The highest BCUT2D eigenvalue weighted by Crippen LogP contribution is 2.32. The van der Waals surface area contributed by atoms with Gasteiger partial charge in [-0.2, -0.15) is 0 Å². The van der Waals surface area contributed by atoms with Crippen molar-refractivity contribution in [2.45, 2.75) is 13.8 Å². The number of aromatic nitrogens is 1. The summed E-state index contributed by atoms with van der Waals surface area (Å²) in [7, 11) is 0. The first-order valence-corrected chi connectivity index (χ1v) is 9.22. The number of nitrogens with zero attached hydrogens (tertiary/aromatic N) is 1. The molecule has 0 fully saturated rings. The Morgan fingerprint density at radius 2 is 1.75 bits per heavy atom. The van der Waals surface area contributed by atoms with Crippen LogP contribution in [0.4, 0.5) is 14.5 Å². The summed E-state index contributed by atoms with van der Waals surface area (Å²) in [6, 6.07) is 9.75. The standard InChI is InChI=1S/C20H16F2N2O3S/c1-3-27-20(26)12-7-9-13(10-8-12)24-18(25)17-11(2)23-19(28-17)16-14(21)5-4-6-15(16)22/h4-10H,3H2,1-2H3,(H,24,25). The molecule has 28 heavy (non-hydrogen) atoms. The fourth-order valence-electron chi connectivity index (χ4n) is 2.51. The molecule has 0 aliphatic rings. The third-order valence-corrected chi connectivity index (χ3v) is 5.01. The van der Waals surface area contributed by atoms with Crippen LogP contribution in [0.15, 0.2) is 42.5 Å². The van der Waals surface area contributed by atoms with Gasteiger partial charge in [0.25, 0.3) is 5.91 Å². The highest BCUT2D eigenvalue weighted by Gasteiger charge is 2.20. The maximum atomic E-state index is 14.0. The van der Waals surface area contributed by atoms with Gasteiger partial charge in [-0.25, -0.2) is 18.6 Å². The number of hydrogen-bond donors (Lipinski definition) is 1. The molecule has 0 unspecified atom stereocenters. The summed E-state index contributed by atoms with van der Waals surface area (Å²) in [5.41, 5.74) is 0.937. The van der Waals surface area contributed by atoms with Crippen molar-refractivity contribution in [1.82, 2.24) is 4.98 Å². The number of nitrogens with one attached hydrogen (secondary N) is 1. The van der Waals surface area contributed by atoms with Crippen molar-refractivity contribution in [2.24, 2.45) is 0 Å². The van der Waals surface area contributed by atoms with Crippen LogP contribution in [0, 0.1) is 18.6 Å². The van der Waals surface area contributed by atoms with Gasteiger partial charge in [-0.15, -0.1) is 11.3 Å². The predicted octanol–water partition coefficient (Wildman–Crippen LogP) is 4.83. The highest BCUT2D eigenvalue weighted by molar-refractivity contribution is 7.17. The fourth-order valence-corrected chi connectivity index (χ4v) is 3.52. The highest BCUT2D eigenvalue weighted by atomic mass is 32.1. The molecule has 0 spiro atoms. The lowest BCUT2D eigenvalue weighted by Crippen LogP contribution is -2.12. The van der Waals surface area contributed by atoms with E-state index in [0.717, 1.165) is 23.5 Å². The van der Waals surface area contributed by atoms with E-state index in [2.05, 4.69) is 10.3 Å². The number of aryl methyl sites for hydroxylation is 1. The normalized spacial score (nSPS) is 10.6. The lowest BCUT2D eigenvalue weighted by Gasteiger charge is -2.06. The molecule has 1 heterocycles. The maximum Gasteiger partial charge on any atom is 0.338 e. The van der Waals surface area contributed by atoms with Crippen LogP contribution in [0.1, 0.15) is 32.6 Å². The maximum absolute atomic E-state index is 14.0. The van der Waals surface area contributed by atoms with E-state index in [4.69, 9.17) is 4.74 Å². The van der Waals surface area contributed by atoms with Crippen molar-refractivity contribution < 1.29 is 23.1 Å². The smallest absolute Gasteiger partial charge is 0.338 e. The minimum Gasteiger partial charge on any atom is -0.462 e. The zero-order valence-corrected chi connectivity index (χ0v) is 15.9. The van der Waals surface area contributed by atoms with Gasteiger partial charge in [0.15, 0.2) is 0 Å². The summed E-state index contributed by atoms with van der Waals surface area (Å²) < 4.78 is 32.8. The van der Waals surface area contributed by atoms with Crippen LogP contribution < -0.4 is 5.32 Å². The Labute approximate surface area is 164 Å². The second-order valence-corrected chi connectivity index (χ2v) is 6.78. The zero-order valence-electron chi connectivity index (χ0n) is 15.1. The summed E-state index contributed by atoms with van der Waals surface area (Å²) in [5.74, 6) is -2.39. The number of anilines is 1. The summed E-state index contributed by atoms with van der Waals surface area (Å²) >= 11 is 0.906. The van der Waals surface area contributed by atoms with Gasteiger partial charge >= 0.3 is 5.97 Å². The molecule has 5 nitrogen and oxygen atoms in total. The van der Waals surface area contributed by atoms with Crippen LogP contribution in [0.3, 0.4) is 0 Å². The molecule has 0 atom stereocenters. The van der Waals surface area contributed by atoms with Gasteiger partial charge in [-0.3, -0.25) is 4.79 Å². The minimum absolute atomic E-state index is 0.0934. The summed E-state index contributed by atoms with van der Waals surface area (Å²) in [4.78, 5) is 28.6. The van der Waals surface area contributed by atoms with Crippen molar-refractivity contribution in [3.63, 3.8) is 0 Å². The number of esters is 1. The molecule has 0 aliphatic heterocycles. The Balaban J connectivity index is 1.80. The molecule has 0 saturated carbocycles. The zero-order chi connectivity index (χ0) is 20.3. The van der Waals surface area contributed by atoms with Gasteiger partial charge < -0.3 is 10.1 Å². The van der Waals surface area contributed by atoms with E-state index in [1.807, 2.05) is 0 Å². The van der Waals surface area contributed by atoms with Crippen molar-refractivity contribution in [3.8, 4) is 10.6 Å². The number of ether oxygens (including phenoxy) is 1. The molecule has 8 heteroatoms. The molecule has 3 rings (SSSR count). The summed E-state index contributed by atoms with van der Waals surface area (Å²) in [6.45, 7) is 3.58. The van der Waals surface area contributed by atoms with E-state index in [1.54, 1.807) is 26.0 Å². The summed E-state index contributed by atoms with van der Waals surface area (Å²) in [5, 5.41) is 2.78. The summed E-state index contributed by atoms with van der Waals surface area (Å²) in [6.07, 6.45) is 0. The Kier molecular flexibility index (Phi) is 5.79. The monoisotopic (exact) mass is 402 g/mol. The number of amides is 1. The average Bonchev–Trinajstić information content (AvgIpc) is 3.04. The van der Waals surface area contributed by atoms with Gasteiger partial charge in [-0.05, 0) is 50.2 Å². The first-order chi connectivity index (χ1) is 13.4. The second kappa shape index (κ2) is 8.26. The first kappa shape index (κ1) is 19.6. The minimum atomic E-state index is -0.740. The van der Waals surface area contributed by atoms with Crippen LogP contribution in [0.2, 0.25) is 0 Å². The molecule has 0 bridgehead atoms. The third kappa shape index (κ3) is 4.07. The van der Waals surface area contributed by atoms with E-state index in [0.29, 0.717) is 16.9 Å². The van der Waals surface area contributed by atoms with Gasteiger partial charge in [0.2, 0.25) is 0 Å². The first-order valence-electron chi connectivity index (χ1n) is 8.41. The van der Waals surface area contributed by atoms with Crippen molar-refractivity contribution in [3.05, 3.63) is 70.2 Å². The molecular formula is C20H16F2N2O3S. The topological polar surface area (TPSA) is 68.3 Å². The van der Waals surface area contributed by atoms with Gasteiger partial charge in [-0.1, -0.05) is 6.07 Å². The van der Waals surface area contributed by atoms with Crippen molar-refractivity contribution >= 4 is 28.9 Å². The number of benzene rings is 2. The molecular weight excluding hydrogens is 386 g/mol. The van der Waals surface area contributed by atoms with Crippen LogP contribution in [-0.4, -0.2) is 23.5 Å². The van der Waals surface area contributed by atoms with Gasteiger partial charge in [0.05, 0.1) is 23.4 Å². The third-order valence-electron chi connectivity index (χ3n) is 3.83. The molecule has 3 aromatic rings. The predicted molar refractivity (Wildman–Crippen MR) is 103 cm³/mol. The molecule has 1 aromatic heterocycles. The SMILES string of the molecule is CCOC(=O)c1ccc(NC(=O)c2sc(-c3c(F)cccc3F)nc2C)cc1.